The first-order valence-electron chi connectivity index (χ1n) is 8.53. The molecular formula is C18H22N2O7S. The minimum absolute atomic E-state index is 0.000730. The topological polar surface area (TPSA) is 120 Å². The third-order valence-electron chi connectivity index (χ3n) is 3.76. The van der Waals surface area contributed by atoms with Gasteiger partial charge >= 0.3 is 5.97 Å². The molecule has 1 aliphatic rings. The minimum atomic E-state index is -4.05. The summed E-state index contributed by atoms with van der Waals surface area (Å²) in [5.74, 6) is 1.10. The molecule has 1 aromatic rings. The summed E-state index contributed by atoms with van der Waals surface area (Å²) in [5, 5.41) is 2.34. The van der Waals surface area contributed by atoms with Gasteiger partial charge in [0.25, 0.3) is 5.91 Å². The quantitative estimate of drug-likeness (QED) is 0.459. The number of fused-ring (bicyclic) bond motifs is 1. The molecule has 0 spiro atoms. The van der Waals surface area contributed by atoms with E-state index in [0.717, 1.165) is 0 Å². The van der Waals surface area contributed by atoms with E-state index in [4.69, 9.17) is 20.6 Å². The SMILES string of the molecule is C#CCNC(=O)COC(=O)[C@@H](NS(=O)(=O)c1ccc2c(c1)OCCO2)C(C)C. The number of rotatable bonds is 8. The summed E-state index contributed by atoms with van der Waals surface area (Å²) < 4.78 is 43.4. The van der Waals surface area contributed by atoms with Crippen molar-refractivity contribution in [2.75, 3.05) is 26.4 Å². The Labute approximate surface area is 163 Å². The molecule has 0 fully saturated rings. The number of ether oxygens (including phenoxy) is 3. The van der Waals surface area contributed by atoms with Gasteiger partial charge in [-0.15, -0.1) is 6.42 Å². The van der Waals surface area contributed by atoms with Crippen LogP contribution in [-0.2, 0) is 24.3 Å². The fourth-order valence-corrected chi connectivity index (χ4v) is 3.66. The molecule has 0 unspecified atom stereocenters. The van der Waals surface area contributed by atoms with E-state index in [1.807, 2.05) is 0 Å². The van der Waals surface area contributed by atoms with Gasteiger partial charge in [0.15, 0.2) is 18.1 Å². The number of esters is 1. The van der Waals surface area contributed by atoms with Crippen LogP contribution in [0.2, 0.25) is 0 Å². The summed E-state index contributed by atoms with van der Waals surface area (Å²) >= 11 is 0. The Hall–Kier alpha value is -2.77. The van der Waals surface area contributed by atoms with E-state index in [-0.39, 0.29) is 11.4 Å². The van der Waals surface area contributed by atoms with E-state index < -0.39 is 40.5 Å². The first-order valence-corrected chi connectivity index (χ1v) is 10.0. The fraction of sp³-hybridized carbons (Fsp3) is 0.444. The lowest BCUT2D eigenvalue weighted by molar-refractivity contribution is -0.151. The third kappa shape index (κ3) is 5.61. The second-order valence-electron chi connectivity index (χ2n) is 6.24. The van der Waals surface area contributed by atoms with Crippen LogP contribution in [0.1, 0.15) is 13.8 Å². The first-order chi connectivity index (χ1) is 13.2. The highest BCUT2D eigenvalue weighted by Gasteiger charge is 2.30. The van der Waals surface area contributed by atoms with Gasteiger partial charge in [0.05, 0.1) is 11.4 Å². The number of terminal acetylenes is 1. The predicted octanol–water partition coefficient (Wildman–Crippen LogP) is 0.0533. The van der Waals surface area contributed by atoms with Crippen LogP contribution >= 0.6 is 0 Å². The molecule has 1 aliphatic heterocycles. The summed E-state index contributed by atoms with van der Waals surface area (Å²) in [5.41, 5.74) is 0. The Morgan fingerprint density at radius 3 is 2.57 bits per heavy atom. The number of hydrogen-bond acceptors (Lipinski definition) is 7. The van der Waals surface area contributed by atoms with Crippen molar-refractivity contribution in [1.29, 1.82) is 0 Å². The molecule has 152 valence electrons. The number of sulfonamides is 1. The van der Waals surface area contributed by atoms with Crippen LogP contribution < -0.4 is 19.5 Å². The molecule has 28 heavy (non-hydrogen) atoms. The summed E-state index contributed by atoms with van der Waals surface area (Å²) in [6.07, 6.45) is 5.02. The Bertz CT molecular complexity index is 874. The molecule has 1 atom stereocenters. The van der Waals surface area contributed by atoms with Crippen molar-refractivity contribution in [2.45, 2.75) is 24.8 Å². The van der Waals surface area contributed by atoms with Gasteiger partial charge in [0, 0.05) is 6.07 Å². The van der Waals surface area contributed by atoms with Gasteiger partial charge in [-0.3, -0.25) is 9.59 Å². The van der Waals surface area contributed by atoms with Gasteiger partial charge in [-0.1, -0.05) is 19.8 Å². The molecular weight excluding hydrogens is 388 g/mol. The third-order valence-corrected chi connectivity index (χ3v) is 5.20. The van der Waals surface area contributed by atoms with Crippen LogP contribution in [0.4, 0.5) is 0 Å². The maximum Gasteiger partial charge on any atom is 0.324 e. The average molecular weight is 410 g/mol. The number of carbonyl (C=O) groups is 2. The first kappa shape index (κ1) is 21.5. The number of benzene rings is 1. The highest BCUT2D eigenvalue weighted by Crippen LogP contribution is 2.32. The number of hydrogen-bond donors (Lipinski definition) is 2. The van der Waals surface area contributed by atoms with Crippen molar-refractivity contribution < 1.29 is 32.2 Å². The summed E-state index contributed by atoms with van der Waals surface area (Å²) in [7, 11) is -4.05. The van der Waals surface area contributed by atoms with Crippen molar-refractivity contribution in [1.82, 2.24) is 10.0 Å². The summed E-state index contributed by atoms with van der Waals surface area (Å²) in [6, 6.07) is 2.99. The fourth-order valence-electron chi connectivity index (χ4n) is 2.31. The molecule has 2 rings (SSSR count). The molecule has 0 saturated carbocycles. The molecule has 0 radical (unpaired) electrons. The van der Waals surface area contributed by atoms with E-state index in [1.54, 1.807) is 13.8 Å². The van der Waals surface area contributed by atoms with E-state index in [1.165, 1.54) is 18.2 Å². The van der Waals surface area contributed by atoms with Gasteiger partial charge in [-0.2, -0.15) is 4.72 Å². The Kier molecular flexibility index (Phi) is 7.25. The molecule has 2 N–H and O–H groups in total. The average Bonchev–Trinajstić information content (AvgIpc) is 2.68. The highest BCUT2D eigenvalue weighted by atomic mass is 32.2. The van der Waals surface area contributed by atoms with Crippen LogP contribution in [0.5, 0.6) is 11.5 Å². The second-order valence-corrected chi connectivity index (χ2v) is 7.95. The molecule has 0 aliphatic carbocycles. The summed E-state index contributed by atoms with van der Waals surface area (Å²) in [6.45, 7) is 3.43. The Balaban J connectivity index is 2.09. The Morgan fingerprint density at radius 2 is 1.93 bits per heavy atom. The van der Waals surface area contributed by atoms with E-state index in [2.05, 4.69) is 16.0 Å². The maximum atomic E-state index is 12.7. The Morgan fingerprint density at radius 1 is 1.25 bits per heavy atom. The van der Waals surface area contributed by atoms with Crippen molar-refractivity contribution in [2.24, 2.45) is 5.92 Å². The molecule has 9 nitrogen and oxygen atoms in total. The minimum Gasteiger partial charge on any atom is -0.486 e. The van der Waals surface area contributed by atoms with Crippen LogP contribution in [0, 0.1) is 18.3 Å². The van der Waals surface area contributed by atoms with E-state index in [9.17, 15) is 18.0 Å². The lowest BCUT2D eigenvalue weighted by atomic mass is 10.1. The lowest BCUT2D eigenvalue weighted by Gasteiger charge is -2.22. The zero-order chi connectivity index (χ0) is 20.7. The maximum absolute atomic E-state index is 12.7. The molecule has 1 aromatic carbocycles. The van der Waals surface area contributed by atoms with Gasteiger partial charge in [-0.25, -0.2) is 8.42 Å². The molecule has 1 amide bonds. The van der Waals surface area contributed by atoms with Crippen molar-refractivity contribution >= 4 is 21.9 Å². The largest absolute Gasteiger partial charge is 0.486 e. The highest BCUT2D eigenvalue weighted by molar-refractivity contribution is 7.89. The van der Waals surface area contributed by atoms with E-state index >= 15 is 0 Å². The zero-order valence-electron chi connectivity index (χ0n) is 15.6. The van der Waals surface area contributed by atoms with E-state index in [0.29, 0.717) is 24.7 Å². The van der Waals surface area contributed by atoms with Gasteiger partial charge in [0.2, 0.25) is 10.0 Å². The van der Waals surface area contributed by atoms with Crippen LogP contribution in [0.25, 0.3) is 0 Å². The monoisotopic (exact) mass is 410 g/mol. The van der Waals surface area contributed by atoms with Gasteiger partial charge in [-0.05, 0) is 18.1 Å². The molecule has 0 aromatic heterocycles. The van der Waals surface area contributed by atoms with Gasteiger partial charge in [0.1, 0.15) is 19.3 Å². The predicted molar refractivity (Wildman–Crippen MR) is 99.2 cm³/mol. The number of amides is 1. The molecule has 1 heterocycles. The van der Waals surface area contributed by atoms with Crippen LogP contribution in [0.3, 0.4) is 0 Å². The van der Waals surface area contributed by atoms with Crippen LogP contribution in [0.15, 0.2) is 23.1 Å². The molecule has 10 heteroatoms. The van der Waals surface area contributed by atoms with Gasteiger partial charge < -0.3 is 19.5 Å². The van der Waals surface area contributed by atoms with Crippen molar-refractivity contribution in [3.63, 3.8) is 0 Å². The second kappa shape index (κ2) is 9.43. The van der Waals surface area contributed by atoms with Crippen LogP contribution in [-0.4, -0.2) is 52.7 Å². The number of nitrogens with one attached hydrogen (secondary N) is 2. The summed E-state index contributed by atoms with van der Waals surface area (Å²) in [4.78, 5) is 23.7. The number of carbonyl (C=O) groups excluding carboxylic acids is 2. The zero-order valence-corrected chi connectivity index (χ0v) is 16.4. The smallest absolute Gasteiger partial charge is 0.324 e. The normalized spacial score (nSPS) is 14.1. The van der Waals surface area contributed by atoms with Crippen molar-refractivity contribution in [3.05, 3.63) is 18.2 Å². The molecule has 0 bridgehead atoms. The molecule has 0 saturated heterocycles. The van der Waals surface area contributed by atoms with Crippen molar-refractivity contribution in [3.8, 4) is 23.8 Å². The standard InChI is InChI=1S/C18H22N2O7S/c1-4-7-19-16(21)11-27-18(22)17(12(2)3)20-28(23,24)13-5-6-14-15(10-13)26-9-8-25-14/h1,5-6,10,12,17,20H,7-9,11H2,2-3H3,(H,19,21)/t17-/m0/s1. The lowest BCUT2D eigenvalue weighted by Crippen LogP contribution is -2.46.